The van der Waals surface area contributed by atoms with Crippen molar-refractivity contribution in [2.24, 2.45) is 5.41 Å². The molecule has 2 fully saturated rings. The van der Waals surface area contributed by atoms with Crippen molar-refractivity contribution >= 4 is 0 Å². The molecule has 1 aromatic rings. The monoisotopic (exact) mass is 361 g/mol. The number of nitrogens with zero attached hydrogens (tertiary/aromatic N) is 1. The Hall–Kier alpha value is -1.10. The Bertz CT molecular complexity index is 593. The molecule has 1 saturated carbocycles. The Balaban J connectivity index is 1.81. The van der Waals surface area contributed by atoms with Crippen molar-refractivity contribution in [2.45, 2.75) is 70.6 Å². The summed E-state index contributed by atoms with van der Waals surface area (Å²) in [6.45, 7) is 9.20. The first-order valence-electron chi connectivity index (χ1n) is 10.1. The summed E-state index contributed by atoms with van der Waals surface area (Å²) >= 11 is 0. The first kappa shape index (κ1) is 19.7. The third-order valence-corrected chi connectivity index (χ3v) is 6.25. The quantitative estimate of drug-likeness (QED) is 0.828. The number of ether oxygens (including phenoxy) is 2. The molecular weight excluding hydrogens is 326 g/mol. The van der Waals surface area contributed by atoms with Crippen LogP contribution in [0.4, 0.5) is 0 Å². The zero-order valence-electron chi connectivity index (χ0n) is 16.9. The molecule has 26 heavy (non-hydrogen) atoms. The van der Waals surface area contributed by atoms with Gasteiger partial charge in [0.25, 0.3) is 0 Å². The second-order valence-electron chi connectivity index (χ2n) is 9.01. The Morgan fingerprint density at radius 2 is 1.73 bits per heavy atom. The molecule has 1 spiro atoms. The topological polar surface area (TPSA) is 41.9 Å². The van der Waals surface area contributed by atoms with Gasteiger partial charge in [0.15, 0.2) is 5.79 Å². The smallest absolute Gasteiger partial charge is 0.168 e. The molecule has 1 aliphatic carbocycles. The van der Waals surface area contributed by atoms with Crippen molar-refractivity contribution in [3.63, 3.8) is 0 Å². The van der Waals surface area contributed by atoms with E-state index in [1.54, 1.807) is 6.07 Å². The van der Waals surface area contributed by atoms with Crippen LogP contribution in [-0.2, 0) is 15.0 Å². The van der Waals surface area contributed by atoms with Gasteiger partial charge in [-0.3, -0.25) is 4.90 Å². The minimum Gasteiger partial charge on any atom is -0.508 e. The Labute approximate surface area is 158 Å². The third-order valence-electron chi connectivity index (χ3n) is 6.25. The van der Waals surface area contributed by atoms with E-state index >= 15 is 0 Å². The van der Waals surface area contributed by atoms with E-state index in [4.69, 9.17) is 9.47 Å². The number of hydrogen-bond acceptors (Lipinski definition) is 4. The molecule has 1 aliphatic heterocycles. The Kier molecular flexibility index (Phi) is 5.66. The number of benzene rings is 1. The van der Waals surface area contributed by atoms with E-state index in [0.717, 1.165) is 45.4 Å². The second kappa shape index (κ2) is 7.49. The number of phenols is 1. The molecule has 1 saturated heterocycles. The van der Waals surface area contributed by atoms with Crippen molar-refractivity contribution in [3.8, 4) is 5.75 Å². The average molecular weight is 362 g/mol. The van der Waals surface area contributed by atoms with E-state index in [2.05, 4.69) is 38.8 Å². The van der Waals surface area contributed by atoms with Gasteiger partial charge >= 0.3 is 0 Å². The van der Waals surface area contributed by atoms with Crippen LogP contribution in [0, 0.1) is 5.41 Å². The van der Waals surface area contributed by atoms with Gasteiger partial charge in [-0.25, -0.2) is 0 Å². The summed E-state index contributed by atoms with van der Waals surface area (Å²) in [5, 5.41) is 10.0. The van der Waals surface area contributed by atoms with Crippen LogP contribution in [-0.4, -0.2) is 42.6 Å². The van der Waals surface area contributed by atoms with E-state index in [1.807, 2.05) is 12.1 Å². The summed E-state index contributed by atoms with van der Waals surface area (Å²) in [6, 6.07) is 7.81. The average Bonchev–Trinajstić information content (AvgIpc) is 2.63. The van der Waals surface area contributed by atoms with Crippen LogP contribution in [0.25, 0.3) is 0 Å². The van der Waals surface area contributed by atoms with Crippen molar-refractivity contribution in [1.82, 2.24) is 4.90 Å². The van der Waals surface area contributed by atoms with Gasteiger partial charge in [0.1, 0.15) is 5.75 Å². The lowest BCUT2D eigenvalue weighted by molar-refractivity contribution is -0.316. The highest BCUT2D eigenvalue weighted by Crippen LogP contribution is 2.49. The van der Waals surface area contributed by atoms with Crippen molar-refractivity contribution in [3.05, 3.63) is 29.8 Å². The first-order chi connectivity index (χ1) is 12.3. The lowest BCUT2D eigenvalue weighted by Crippen LogP contribution is -2.55. The van der Waals surface area contributed by atoms with Gasteiger partial charge in [0.05, 0.1) is 13.2 Å². The van der Waals surface area contributed by atoms with Crippen LogP contribution in [0.3, 0.4) is 0 Å². The van der Waals surface area contributed by atoms with Crippen LogP contribution in [0.2, 0.25) is 0 Å². The normalized spacial score (nSPS) is 24.0. The largest absolute Gasteiger partial charge is 0.508 e. The Morgan fingerprint density at radius 3 is 2.31 bits per heavy atom. The Morgan fingerprint density at radius 1 is 1.08 bits per heavy atom. The minimum absolute atomic E-state index is 0.0567. The van der Waals surface area contributed by atoms with Gasteiger partial charge in [-0.05, 0) is 50.6 Å². The molecule has 146 valence electrons. The fourth-order valence-electron chi connectivity index (χ4n) is 4.37. The molecule has 0 amide bonds. The van der Waals surface area contributed by atoms with E-state index in [-0.39, 0.29) is 11.0 Å². The first-order valence-corrected chi connectivity index (χ1v) is 10.1. The van der Waals surface area contributed by atoms with Crippen molar-refractivity contribution < 1.29 is 14.6 Å². The van der Waals surface area contributed by atoms with E-state index < -0.39 is 5.79 Å². The van der Waals surface area contributed by atoms with Gasteiger partial charge in [0.2, 0.25) is 0 Å². The highest BCUT2D eigenvalue weighted by atomic mass is 16.7. The predicted molar refractivity (Wildman–Crippen MR) is 104 cm³/mol. The van der Waals surface area contributed by atoms with Gasteiger partial charge in [0, 0.05) is 23.8 Å². The SMILES string of the molecule is CCCCN(C)C1(c2cccc(O)c2)CCC2(CC1)OCC(C)(C)CO2. The molecule has 1 aromatic carbocycles. The van der Waals surface area contributed by atoms with E-state index in [0.29, 0.717) is 5.75 Å². The molecule has 0 radical (unpaired) electrons. The maximum absolute atomic E-state index is 10.0. The summed E-state index contributed by atoms with van der Waals surface area (Å²) in [6.07, 6.45) is 6.13. The number of unbranched alkanes of at least 4 members (excludes halogenated alkanes) is 1. The van der Waals surface area contributed by atoms with Crippen LogP contribution >= 0.6 is 0 Å². The molecule has 3 rings (SSSR count). The molecule has 2 aliphatic rings. The number of aromatic hydroxyl groups is 1. The molecular formula is C22H35NO3. The molecule has 0 aromatic heterocycles. The van der Waals surface area contributed by atoms with Gasteiger partial charge in [-0.15, -0.1) is 0 Å². The van der Waals surface area contributed by atoms with Crippen LogP contribution in [0.5, 0.6) is 5.75 Å². The van der Waals surface area contributed by atoms with Gasteiger partial charge < -0.3 is 14.6 Å². The van der Waals surface area contributed by atoms with Gasteiger partial charge in [-0.2, -0.15) is 0 Å². The molecule has 1 heterocycles. The van der Waals surface area contributed by atoms with E-state index in [1.165, 1.54) is 18.4 Å². The highest BCUT2D eigenvalue weighted by Gasteiger charge is 2.49. The summed E-state index contributed by atoms with van der Waals surface area (Å²) in [5.41, 5.74) is 1.25. The van der Waals surface area contributed by atoms with Gasteiger partial charge in [-0.1, -0.05) is 39.3 Å². The van der Waals surface area contributed by atoms with Crippen molar-refractivity contribution in [1.29, 1.82) is 0 Å². The molecule has 4 heteroatoms. The molecule has 0 bridgehead atoms. The predicted octanol–water partition coefficient (Wildman–Crippen LogP) is 4.66. The second-order valence-corrected chi connectivity index (χ2v) is 9.01. The summed E-state index contributed by atoms with van der Waals surface area (Å²) in [4.78, 5) is 2.49. The maximum Gasteiger partial charge on any atom is 0.168 e. The van der Waals surface area contributed by atoms with Crippen molar-refractivity contribution in [2.75, 3.05) is 26.8 Å². The highest BCUT2D eigenvalue weighted by molar-refractivity contribution is 5.33. The lowest BCUT2D eigenvalue weighted by Gasteiger charge is -2.53. The molecule has 4 nitrogen and oxygen atoms in total. The zero-order chi connectivity index (χ0) is 18.8. The van der Waals surface area contributed by atoms with Crippen LogP contribution < -0.4 is 0 Å². The lowest BCUT2D eigenvalue weighted by atomic mass is 9.72. The number of rotatable bonds is 5. The zero-order valence-corrected chi connectivity index (χ0v) is 16.9. The molecule has 1 N–H and O–H groups in total. The summed E-state index contributed by atoms with van der Waals surface area (Å²) in [5.74, 6) is -0.0699. The minimum atomic E-state index is -0.415. The fraction of sp³-hybridized carbons (Fsp3) is 0.727. The molecule has 0 unspecified atom stereocenters. The maximum atomic E-state index is 10.0. The molecule has 0 atom stereocenters. The number of phenolic OH excluding ortho intramolecular Hbond substituents is 1. The third kappa shape index (κ3) is 3.92. The standard InChI is InChI=1S/C22H35NO3/c1-5-6-14-23(4)21(18-8-7-9-19(24)15-18)10-12-22(13-11-21)25-16-20(2,3)17-26-22/h7-9,15,24H,5-6,10-14,16-17H2,1-4H3. The van der Waals surface area contributed by atoms with Crippen LogP contribution in [0.15, 0.2) is 24.3 Å². The summed E-state index contributed by atoms with van der Waals surface area (Å²) in [7, 11) is 2.23. The fourth-order valence-corrected chi connectivity index (χ4v) is 4.37. The van der Waals surface area contributed by atoms with Crippen LogP contribution in [0.1, 0.15) is 64.9 Å². The van der Waals surface area contributed by atoms with E-state index in [9.17, 15) is 5.11 Å². The summed E-state index contributed by atoms with van der Waals surface area (Å²) < 4.78 is 12.5. The number of hydrogen-bond donors (Lipinski definition) is 1.